The topological polar surface area (TPSA) is 133 Å². The van der Waals surface area contributed by atoms with Gasteiger partial charge in [0, 0.05) is 0 Å². The Balaban J connectivity index is 2.24. The molecule has 0 spiro atoms. The number of carboxylic acids is 1. The van der Waals surface area contributed by atoms with Crippen LogP contribution < -0.4 is 10.2 Å². The van der Waals surface area contributed by atoms with Gasteiger partial charge in [-0.3, -0.25) is 10.0 Å². The van der Waals surface area contributed by atoms with E-state index >= 15 is 0 Å². The lowest BCUT2D eigenvalue weighted by atomic mass is 10.1. The third-order valence-electron chi connectivity index (χ3n) is 3.42. The molecule has 2 rings (SSSR count). The van der Waals surface area contributed by atoms with Crippen LogP contribution in [0, 0.1) is 0 Å². The number of hydroxylamine groups is 1. The van der Waals surface area contributed by atoms with Crippen molar-refractivity contribution >= 4 is 21.9 Å². The summed E-state index contributed by atoms with van der Waals surface area (Å²) in [6, 6.07) is 12.0. The normalized spacial score (nSPS) is 12.4. The highest BCUT2D eigenvalue weighted by atomic mass is 32.2. The molecular weight excluding hydrogens is 348 g/mol. The monoisotopic (exact) mass is 364 g/mol. The molecule has 2 aromatic carbocycles. The number of benzene rings is 2. The first-order chi connectivity index (χ1) is 11.8. The fourth-order valence-corrected chi connectivity index (χ4v) is 3.34. The molecule has 1 atom stereocenters. The smallest absolute Gasteiger partial charge is 0.335 e. The van der Waals surface area contributed by atoms with Crippen molar-refractivity contribution < 1.29 is 28.3 Å². The van der Waals surface area contributed by atoms with E-state index < -0.39 is 27.9 Å². The van der Waals surface area contributed by atoms with E-state index in [0.29, 0.717) is 5.56 Å². The summed E-state index contributed by atoms with van der Waals surface area (Å²) >= 11 is 0. The molecule has 132 valence electrons. The van der Waals surface area contributed by atoms with E-state index in [9.17, 15) is 18.0 Å². The Morgan fingerprint density at radius 3 is 2.12 bits per heavy atom. The second-order valence-electron chi connectivity index (χ2n) is 5.17. The number of carbonyl (C=O) groups is 2. The molecule has 0 aliphatic carbocycles. The van der Waals surface area contributed by atoms with Gasteiger partial charge in [0.1, 0.15) is 6.04 Å². The first-order valence-corrected chi connectivity index (χ1v) is 8.65. The number of hydrogen-bond donors (Lipinski definition) is 4. The van der Waals surface area contributed by atoms with Crippen LogP contribution in [0.2, 0.25) is 0 Å². The summed E-state index contributed by atoms with van der Waals surface area (Å²) in [7, 11) is -4.09. The lowest BCUT2D eigenvalue weighted by Gasteiger charge is -2.17. The highest BCUT2D eigenvalue weighted by Crippen LogP contribution is 2.13. The highest BCUT2D eigenvalue weighted by Gasteiger charge is 2.26. The fourth-order valence-electron chi connectivity index (χ4n) is 2.15. The molecule has 0 radical (unpaired) electrons. The average Bonchev–Trinajstić information content (AvgIpc) is 2.61. The number of carboxylic acid groups (broad SMARTS) is 1. The van der Waals surface area contributed by atoms with Crippen molar-refractivity contribution in [3.63, 3.8) is 0 Å². The Morgan fingerprint density at radius 2 is 1.60 bits per heavy atom. The third kappa shape index (κ3) is 4.86. The van der Waals surface area contributed by atoms with E-state index in [1.54, 1.807) is 30.3 Å². The van der Waals surface area contributed by atoms with E-state index in [2.05, 4.69) is 4.72 Å². The molecule has 0 bridgehead atoms. The van der Waals surface area contributed by atoms with Crippen LogP contribution in [0.3, 0.4) is 0 Å². The summed E-state index contributed by atoms with van der Waals surface area (Å²) in [5, 5.41) is 17.7. The molecule has 0 aliphatic heterocycles. The zero-order chi connectivity index (χ0) is 18.4. The van der Waals surface area contributed by atoms with Crippen molar-refractivity contribution in [3.05, 3.63) is 65.7 Å². The van der Waals surface area contributed by atoms with E-state index in [1.807, 2.05) is 0 Å². The van der Waals surface area contributed by atoms with E-state index in [0.717, 1.165) is 24.3 Å². The second-order valence-corrected chi connectivity index (χ2v) is 6.88. The minimum atomic E-state index is -4.09. The summed E-state index contributed by atoms with van der Waals surface area (Å²) in [5.41, 5.74) is 2.07. The van der Waals surface area contributed by atoms with Gasteiger partial charge in [0.2, 0.25) is 10.0 Å². The molecule has 0 aliphatic rings. The van der Waals surface area contributed by atoms with Gasteiger partial charge in [0.25, 0.3) is 5.91 Å². The van der Waals surface area contributed by atoms with Gasteiger partial charge in [-0.05, 0) is 36.2 Å². The second kappa shape index (κ2) is 7.88. The Labute approximate surface area is 144 Å². The van der Waals surface area contributed by atoms with Crippen molar-refractivity contribution in [2.45, 2.75) is 17.4 Å². The molecule has 0 saturated heterocycles. The number of rotatable bonds is 7. The zero-order valence-electron chi connectivity index (χ0n) is 12.9. The maximum Gasteiger partial charge on any atom is 0.335 e. The Hall–Kier alpha value is -2.75. The van der Waals surface area contributed by atoms with E-state index in [-0.39, 0.29) is 16.9 Å². The summed E-state index contributed by atoms with van der Waals surface area (Å²) in [4.78, 5) is 22.4. The largest absolute Gasteiger partial charge is 0.478 e. The predicted octanol–water partition coefficient (Wildman–Crippen LogP) is 0.780. The van der Waals surface area contributed by atoms with Crippen LogP contribution in [-0.4, -0.2) is 36.6 Å². The van der Waals surface area contributed by atoms with Crippen LogP contribution in [0.4, 0.5) is 0 Å². The molecule has 0 saturated carbocycles. The van der Waals surface area contributed by atoms with Gasteiger partial charge in [-0.2, -0.15) is 4.72 Å². The minimum Gasteiger partial charge on any atom is -0.478 e. The highest BCUT2D eigenvalue weighted by molar-refractivity contribution is 7.89. The third-order valence-corrected chi connectivity index (χ3v) is 4.91. The zero-order valence-corrected chi connectivity index (χ0v) is 13.7. The quantitative estimate of drug-likeness (QED) is 0.424. The van der Waals surface area contributed by atoms with Crippen molar-refractivity contribution in [1.82, 2.24) is 10.2 Å². The van der Waals surface area contributed by atoms with E-state index in [1.165, 1.54) is 5.48 Å². The van der Waals surface area contributed by atoms with Gasteiger partial charge < -0.3 is 5.11 Å². The van der Waals surface area contributed by atoms with Crippen molar-refractivity contribution in [1.29, 1.82) is 0 Å². The Bertz CT molecular complexity index is 850. The van der Waals surface area contributed by atoms with Gasteiger partial charge in [-0.1, -0.05) is 30.3 Å². The van der Waals surface area contributed by atoms with Crippen LogP contribution in [-0.2, 0) is 21.2 Å². The van der Waals surface area contributed by atoms with Gasteiger partial charge >= 0.3 is 5.97 Å². The average molecular weight is 364 g/mol. The lowest BCUT2D eigenvalue weighted by molar-refractivity contribution is -0.130. The van der Waals surface area contributed by atoms with Crippen LogP contribution in [0.15, 0.2) is 59.5 Å². The molecule has 1 unspecified atom stereocenters. The number of nitrogens with one attached hydrogen (secondary N) is 2. The molecule has 0 heterocycles. The number of hydrogen-bond acceptors (Lipinski definition) is 5. The summed E-state index contributed by atoms with van der Waals surface area (Å²) in [6.45, 7) is 0. The molecule has 8 nitrogen and oxygen atoms in total. The predicted molar refractivity (Wildman–Crippen MR) is 87.6 cm³/mol. The molecule has 25 heavy (non-hydrogen) atoms. The van der Waals surface area contributed by atoms with Gasteiger partial charge in [0.15, 0.2) is 0 Å². The van der Waals surface area contributed by atoms with Crippen LogP contribution in [0.25, 0.3) is 0 Å². The molecule has 0 fully saturated rings. The number of sulfonamides is 1. The summed E-state index contributed by atoms with van der Waals surface area (Å²) < 4.78 is 27.0. The SMILES string of the molecule is O=C(O)c1ccc(S(=O)(=O)NC(Cc2ccccc2)C(=O)NO)cc1. The maximum atomic E-state index is 12.4. The first-order valence-electron chi connectivity index (χ1n) is 7.17. The van der Waals surface area contributed by atoms with Crippen molar-refractivity contribution in [3.8, 4) is 0 Å². The Kier molecular flexibility index (Phi) is 5.86. The fraction of sp³-hybridized carbons (Fsp3) is 0.125. The van der Waals surface area contributed by atoms with Crippen molar-refractivity contribution in [2.75, 3.05) is 0 Å². The number of carbonyl (C=O) groups excluding carboxylic acids is 1. The standard InChI is InChI=1S/C16H16N2O6S/c19-15(17-22)14(10-11-4-2-1-3-5-11)18-25(23,24)13-8-6-12(7-9-13)16(20)21/h1-9,14,18,22H,10H2,(H,17,19)(H,20,21). The molecule has 0 aromatic heterocycles. The minimum absolute atomic E-state index is 0.0275. The summed E-state index contributed by atoms with van der Waals surface area (Å²) in [6.07, 6.45) is 0.0275. The molecule has 9 heteroatoms. The first kappa shape index (κ1) is 18.6. The van der Waals surface area contributed by atoms with Crippen LogP contribution >= 0.6 is 0 Å². The molecule has 1 amide bonds. The van der Waals surface area contributed by atoms with Gasteiger partial charge in [0.05, 0.1) is 10.5 Å². The van der Waals surface area contributed by atoms with E-state index in [4.69, 9.17) is 10.3 Å². The molecule has 2 aromatic rings. The van der Waals surface area contributed by atoms with Gasteiger partial charge in [-0.25, -0.2) is 18.7 Å². The maximum absolute atomic E-state index is 12.4. The van der Waals surface area contributed by atoms with Crippen LogP contribution in [0.5, 0.6) is 0 Å². The lowest BCUT2D eigenvalue weighted by Crippen LogP contribution is -2.47. The number of amides is 1. The molecular formula is C16H16N2O6S. The molecule has 4 N–H and O–H groups in total. The summed E-state index contributed by atoms with van der Waals surface area (Å²) in [5.74, 6) is -2.09. The van der Waals surface area contributed by atoms with Crippen LogP contribution in [0.1, 0.15) is 15.9 Å². The number of aromatic carboxylic acids is 1. The van der Waals surface area contributed by atoms with Crippen molar-refractivity contribution in [2.24, 2.45) is 0 Å². The Morgan fingerprint density at radius 1 is 1.00 bits per heavy atom. The van der Waals surface area contributed by atoms with Gasteiger partial charge in [-0.15, -0.1) is 0 Å².